The number of fused-ring (bicyclic) bond motifs is 1. The first kappa shape index (κ1) is 13.5. The van der Waals surface area contributed by atoms with Gasteiger partial charge in [0.05, 0.1) is 11.1 Å². The van der Waals surface area contributed by atoms with Gasteiger partial charge in [0.2, 0.25) is 0 Å². The van der Waals surface area contributed by atoms with Crippen LogP contribution in [0.15, 0.2) is 58.5 Å². The molecule has 21 heavy (non-hydrogen) atoms. The summed E-state index contributed by atoms with van der Waals surface area (Å²) in [6, 6.07) is 14.9. The Bertz CT molecular complexity index is 872. The van der Waals surface area contributed by atoms with Crippen molar-refractivity contribution in [1.82, 2.24) is 4.98 Å². The largest absolute Gasteiger partial charge is 0.240 e. The maximum Gasteiger partial charge on any atom is 0.159 e. The van der Waals surface area contributed by atoms with E-state index in [1.807, 2.05) is 24.3 Å². The lowest BCUT2D eigenvalue weighted by Crippen LogP contribution is -1.90. The molecule has 0 spiro atoms. The lowest BCUT2D eigenvalue weighted by Gasteiger charge is -2.06. The van der Waals surface area contributed by atoms with Crippen molar-refractivity contribution < 1.29 is 8.78 Å². The Labute approximate surface area is 124 Å². The molecule has 0 saturated heterocycles. The first-order valence-corrected chi connectivity index (χ1v) is 6.92. The number of nitriles is 1. The van der Waals surface area contributed by atoms with Crippen LogP contribution in [0.2, 0.25) is 0 Å². The number of rotatable bonds is 2. The molecule has 1 aromatic heterocycles. The fourth-order valence-electron chi connectivity index (χ4n) is 1.91. The molecule has 102 valence electrons. The maximum absolute atomic E-state index is 13.2. The first-order chi connectivity index (χ1) is 10.2. The van der Waals surface area contributed by atoms with Crippen molar-refractivity contribution in [1.29, 1.82) is 5.26 Å². The third-order valence-corrected chi connectivity index (χ3v) is 3.91. The van der Waals surface area contributed by atoms with E-state index in [2.05, 4.69) is 11.1 Å². The van der Waals surface area contributed by atoms with Gasteiger partial charge in [-0.3, -0.25) is 0 Å². The van der Waals surface area contributed by atoms with Gasteiger partial charge in [-0.1, -0.05) is 30.0 Å². The molecule has 0 radical (unpaired) electrons. The molecule has 0 N–H and O–H groups in total. The normalized spacial score (nSPS) is 10.5. The average molecular weight is 298 g/mol. The second kappa shape index (κ2) is 5.51. The van der Waals surface area contributed by atoms with Gasteiger partial charge in [-0.2, -0.15) is 5.26 Å². The summed E-state index contributed by atoms with van der Waals surface area (Å²) >= 11 is 1.14. The zero-order valence-corrected chi connectivity index (χ0v) is 11.5. The molecule has 0 unspecified atom stereocenters. The van der Waals surface area contributed by atoms with Crippen LogP contribution in [0.3, 0.4) is 0 Å². The monoisotopic (exact) mass is 298 g/mol. The minimum atomic E-state index is -0.917. The molecule has 3 rings (SSSR count). The molecule has 0 aliphatic carbocycles. The lowest BCUT2D eigenvalue weighted by molar-refractivity contribution is 0.506. The number of halogens is 2. The Hall–Kier alpha value is -2.45. The van der Waals surface area contributed by atoms with E-state index in [-0.39, 0.29) is 0 Å². The van der Waals surface area contributed by atoms with Crippen LogP contribution in [-0.4, -0.2) is 4.98 Å². The smallest absolute Gasteiger partial charge is 0.159 e. The van der Waals surface area contributed by atoms with E-state index in [1.165, 1.54) is 6.07 Å². The van der Waals surface area contributed by atoms with Crippen LogP contribution in [0.5, 0.6) is 0 Å². The van der Waals surface area contributed by atoms with Crippen LogP contribution < -0.4 is 0 Å². The highest BCUT2D eigenvalue weighted by Crippen LogP contribution is 2.31. The Morgan fingerprint density at radius 1 is 1.00 bits per heavy atom. The summed E-state index contributed by atoms with van der Waals surface area (Å²) in [6.45, 7) is 0. The molecule has 0 atom stereocenters. The van der Waals surface area contributed by atoms with Gasteiger partial charge >= 0.3 is 0 Å². The molecule has 0 fully saturated rings. The van der Waals surface area contributed by atoms with Crippen LogP contribution in [-0.2, 0) is 0 Å². The van der Waals surface area contributed by atoms with Crippen molar-refractivity contribution in [3.8, 4) is 6.07 Å². The lowest BCUT2D eigenvalue weighted by atomic mass is 10.2. The van der Waals surface area contributed by atoms with E-state index < -0.39 is 11.6 Å². The third-order valence-electron chi connectivity index (χ3n) is 2.92. The Morgan fingerprint density at radius 3 is 2.57 bits per heavy atom. The van der Waals surface area contributed by atoms with Crippen LogP contribution in [0.4, 0.5) is 8.78 Å². The summed E-state index contributed by atoms with van der Waals surface area (Å²) in [5.41, 5.74) is 1.16. The quantitative estimate of drug-likeness (QED) is 0.697. The van der Waals surface area contributed by atoms with Crippen LogP contribution in [0, 0.1) is 23.0 Å². The summed E-state index contributed by atoms with van der Waals surface area (Å²) in [5, 5.41) is 10.6. The molecule has 3 aromatic rings. The SMILES string of the molecule is N#Cc1cc2ccccc2nc1Sc1ccc(F)c(F)c1. The van der Waals surface area contributed by atoms with Crippen LogP contribution >= 0.6 is 11.8 Å². The van der Waals surface area contributed by atoms with Gasteiger partial charge in [-0.25, -0.2) is 13.8 Å². The van der Waals surface area contributed by atoms with Crippen molar-refractivity contribution in [2.24, 2.45) is 0 Å². The van der Waals surface area contributed by atoms with Crippen molar-refractivity contribution >= 4 is 22.7 Å². The molecule has 0 aliphatic rings. The Morgan fingerprint density at radius 2 is 1.81 bits per heavy atom. The van der Waals surface area contributed by atoms with Gasteiger partial charge < -0.3 is 0 Å². The van der Waals surface area contributed by atoms with Gasteiger partial charge in [0.25, 0.3) is 0 Å². The van der Waals surface area contributed by atoms with E-state index in [1.54, 1.807) is 6.07 Å². The highest BCUT2D eigenvalue weighted by atomic mass is 32.2. The second-order valence-corrected chi connectivity index (χ2v) is 5.39. The van der Waals surface area contributed by atoms with Gasteiger partial charge in [0.15, 0.2) is 11.6 Å². The van der Waals surface area contributed by atoms with E-state index in [4.69, 9.17) is 0 Å². The Kier molecular flexibility index (Phi) is 3.55. The van der Waals surface area contributed by atoms with Gasteiger partial charge in [-0.05, 0) is 30.3 Å². The first-order valence-electron chi connectivity index (χ1n) is 6.10. The highest BCUT2D eigenvalue weighted by molar-refractivity contribution is 7.99. The number of para-hydroxylation sites is 1. The molecule has 2 nitrogen and oxygen atoms in total. The second-order valence-electron chi connectivity index (χ2n) is 4.32. The topological polar surface area (TPSA) is 36.7 Å². The molecular weight excluding hydrogens is 290 g/mol. The van der Waals surface area contributed by atoms with Gasteiger partial charge in [0, 0.05) is 10.3 Å². The molecule has 0 bridgehead atoms. The molecule has 5 heteroatoms. The third kappa shape index (κ3) is 2.71. The van der Waals surface area contributed by atoms with Crippen molar-refractivity contribution in [2.75, 3.05) is 0 Å². The average Bonchev–Trinajstić information content (AvgIpc) is 2.50. The van der Waals surface area contributed by atoms with Crippen molar-refractivity contribution in [3.63, 3.8) is 0 Å². The molecule has 0 saturated carbocycles. The highest BCUT2D eigenvalue weighted by Gasteiger charge is 2.10. The van der Waals surface area contributed by atoms with E-state index in [0.29, 0.717) is 15.5 Å². The molecule has 0 aliphatic heterocycles. The number of hydrogen-bond acceptors (Lipinski definition) is 3. The van der Waals surface area contributed by atoms with E-state index in [9.17, 15) is 14.0 Å². The number of aromatic nitrogens is 1. The summed E-state index contributed by atoms with van der Waals surface area (Å²) in [7, 11) is 0. The fourth-order valence-corrected chi connectivity index (χ4v) is 2.79. The standard InChI is InChI=1S/C16H8F2N2S/c17-13-6-5-12(8-14(13)18)21-16-11(9-19)7-10-3-1-2-4-15(10)20-16/h1-8H. The van der Waals surface area contributed by atoms with E-state index in [0.717, 1.165) is 34.8 Å². The Balaban J connectivity index is 2.06. The number of hydrogen-bond donors (Lipinski definition) is 0. The number of pyridine rings is 1. The molecular formula is C16H8F2N2S. The predicted octanol–water partition coefficient (Wildman–Crippen LogP) is 4.54. The van der Waals surface area contributed by atoms with E-state index >= 15 is 0 Å². The fraction of sp³-hybridized carbons (Fsp3) is 0. The van der Waals surface area contributed by atoms with Crippen LogP contribution in [0.1, 0.15) is 5.56 Å². The molecule has 0 amide bonds. The summed E-state index contributed by atoms with van der Waals surface area (Å²) in [4.78, 5) is 4.91. The molecule has 1 heterocycles. The minimum absolute atomic E-state index is 0.406. The summed E-state index contributed by atoms with van der Waals surface area (Å²) < 4.78 is 26.2. The minimum Gasteiger partial charge on any atom is -0.240 e. The zero-order chi connectivity index (χ0) is 14.8. The maximum atomic E-state index is 13.2. The number of nitrogens with zero attached hydrogens (tertiary/aromatic N) is 2. The summed E-state index contributed by atoms with van der Waals surface area (Å²) in [6.07, 6.45) is 0. The van der Waals surface area contributed by atoms with Gasteiger partial charge in [-0.15, -0.1) is 0 Å². The summed E-state index contributed by atoms with van der Waals surface area (Å²) in [5.74, 6) is -1.81. The van der Waals surface area contributed by atoms with Crippen LogP contribution in [0.25, 0.3) is 10.9 Å². The molecule has 2 aromatic carbocycles. The zero-order valence-electron chi connectivity index (χ0n) is 10.7. The van der Waals surface area contributed by atoms with Crippen molar-refractivity contribution in [3.05, 3.63) is 65.7 Å². The van der Waals surface area contributed by atoms with Crippen molar-refractivity contribution in [2.45, 2.75) is 9.92 Å². The predicted molar refractivity (Wildman–Crippen MR) is 76.9 cm³/mol. The number of benzene rings is 2. The van der Waals surface area contributed by atoms with Gasteiger partial charge in [0.1, 0.15) is 11.1 Å².